The van der Waals surface area contributed by atoms with E-state index in [1.165, 1.54) is 43.0 Å². The van der Waals surface area contributed by atoms with Gasteiger partial charge in [-0.3, -0.25) is 0 Å². The van der Waals surface area contributed by atoms with Gasteiger partial charge in [-0.15, -0.1) is 30.3 Å². The van der Waals surface area contributed by atoms with E-state index in [-0.39, 0.29) is 33.2 Å². The zero-order chi connectivity index (χ0) is 38.0. The van der Waals surface area contributed by atoms with Crippen molar-refractivity contribution in [2.45, 2.75) is 40.0 Å². The second-order valence-corrected chi connectivity index (χ2v) is 14.8. The molecular formula is C45H36BN5OPt-2. The van der Waals surface area contributed by atoms with Crippen molar-refractivity contribution in [1.82, 2.24) is 18.5 Å². The molecule has 0 bridgehead atoms. The average Bonchev–Trinajstić information content (AvgIpc) is 3.82. The Bertz CT molecular complexity index is 3020. The van der Waals surface area contributed by atoms with E-state index in [9.17, 15) is 0 Å². The van der Waals surface area contributed by atoms with Crippen LogP contribution in [0.1, 0.15) is 41.6 Å². The van der Waals surface area contributed by atoms with E-state index in [1.807, 2.05) is 48.7 Å². The quantitative estimate of drug-likeness (QED) is 0.107. The van der Waals surface area contributed by atoms with Gasteiger partial charge in [-0.25, -0.2) is 4.98 Å². The summed E-state index contributed by atoms with van der Waals surface area (Å²) in [5, 5.41) is 1.22. The Hall–Kier alpha value is -5.39. The summed E-state index contributed by atoms with van der Waals surface area (Å²) >= 11 is 0. The monoisotopic (exact) mass is 871 g/mol. The third-order valence-electron chi connectivity index (χ3n) is 10.6. The molecule has 0 fully saturated rings. The number of benzene rings is 5. The summed E-state index contributed by atoms with van der Waals surface area (Å²) in [5.41, 5.74) is 13.3. The van der Waals surface area contributed by atoms with Crippen LogP contribution in [0.4, 0.5) is 0 Å². The van der Waals surface area contributed by atoms with Crippen molar-refractivity contribution in [2.75, 3.05) is 0 Å². The van der Waals surface area contributed by atoms with Gasteiger partial charge in [-0.2, -0.15) is 12.1 Å². The molecule has 0 radical (unpaired) electrons. The Kier molecular flexibility index (Phi) is 6.86. The molecule has 4 aromatic heterocycles. The predicted octanol–water partition coefficient (Wildman–Crippen LogP) is 7.13. The molecule has 9 aromatic rings. The van der Waals surface area contributed by atoms with Crippen molar-refractivity contribution in [1.29, 1.82) is 0 Å². The van der Waals surface area contributed by atoms with E-state index < -0.39 is 6.98 Å². The van der Waals surface area contributed by atoms with Crippen molar-refractivity contribution >= 4 is 61.7 Å². The van der Waals surface area contributed by atoms with Crippen LogP contribution in [0.25, 0.3) is 50.1 Å². The minimum absolute atomic E-state index is 0. The molecular weight excluding hydrogens is 832 g/mol. The van der Waals surface area contributed by atoms with Crippen molar-refractivity contribution in [3.8, 4) is 23.0 Å². The molecule has 0 aliphatic carbocycles. The number of fused-ring (bicyclic) bond motifs is 9. The van der Waals surface area contributed by atoms with Gasteiger partial charge >= 0.3 is 0 Å². The first-order valence-electron chi connectivity index (χ1n) is 19.1. The Labute approximate surface area is 327 Å². The number of rotatable bonds is 4. The first kappa shape index (κ1) is 30.1. The molecule has 0 N–H and O–H groups in total. The normalized spacial score (nSPS) is 13.6. The molecule has 1 aliphatic heterocycles. The Balaban J connectivity index is 0.00000410. The molecule has 0 spiro atoms. The first-order valence-corrected chi connectivity index (χ1v) is 17.6. The van der Waals surface area contributed by atoms with Gasteiger partial charge in [0.05, 0.1) is 22.1 Å². The number of ether oxygens (including phenoxy) is 1. The van der Waals surface area contributed by atoms with Crippen LogP contribution in [0.2, 0.25) is 0 Å². The fourth-order valence-corrected chi connectivity index (χ4v) is 8.45. The van der Waals surface area contributed by atoms with E-state index in [4.69, 9.17) is 13.8 Å². The number of pyridine rings is 1. The van der Waals surface area contributed by atoms with E-state index in [1.54, 1.807) is 10.6 Å². The third-order valence-corrected chi connectivity index (χ3v) is 10.6. The zero-order valence-corrected chi connectivity index (χ0v) is 32.2. The summed E-state index contributed by atoms with van der Waals surface area (Å²) in [6, 6.07) is 41.4. The van der Waals surface area contributed by atoms with Gasteiger partial charge in [0.2, 0.25) is 6.33 Å². The van der Waals surface area contributed by atoms with Gasteiger partial charge in [0, 0.05) is 44.3 Å². The number of imidazole rings is 2. The predicted molar refractivity (Wildman–Crippen MR) is 210 cm³/mol. The standard InChI is InChI=1S/C45H36BN5O.Pt/c1-28-13-11-14-29(2)40(28)46-41-33-17-7-8-18-35(33)50-38-22-21-32(26-39(38)51(44(41)50)43-42(46)34(23-24-47-43)45(3,4)5)52-31-16-12-15-30(25-31)49-27-48(6)36-19-9-10-20-37(36)49;/h7-24H,1-6H3;/q-2;/i6D3;. The van der Waals surface area contributed by atoms with Gasteiger partial charge in [-0.1, -0.05) is 104 Å². The molecule has 0 amide bonds. The molecule has 5 heterocycles. The number of para-hydroxylation sites is 3. The maximum atomic E-state index is 8.08. The third kappa shape index (κ3) is 4.90. The van der Waals surface area contributed by atoms with Crippen molar-refractivity contribution in [3.05, 3.63) is 144 Å². The molecule has 6 nitrogen and oxygen atoms in total. The fourth-order valence-electron chi connectivity index (χ4n) is 8.45. The summed E-state index contributed by atoms with van der Waals surface area (Å²) in [7, 11) is 0. The van der Waals surface area contributed by atoms with E-state index in [0.717, 1.165) is 28.0 Å². The topological polar surface area (TPSA) is 40.3 Å². The van der Waals surface area contributed by atoms with E-state index in [0.29, 0.717) is 28.2 Å². The van der Waals surface area contributed by atoms with E-state index >= 15 is 0 Å². The molecule has 0 saturated carbocycles. The van der Waals surface area contributed by atoms with Crippen LogP contribution in [-0.4, -0.2) is 25.2 Å². The average molecular weight is 872 g/mol. The second kappa shape index (κ2) is 12.1. The summed E-state index contributed by atoms with van der Waals surface area (Å²) in [4.78, 5) is 5.18. The Morgan fingerprint density at radius 1 is 0.755 bits per heavy atom. The van der Waals surface area contributed by atoms with E-state index in [2.05, 4.69) is 117 Å². The molecule has 5 aromatic carbocycles. The number of hydrogen-bond donors (Lipinski definition) is 0. The molecule has 0 saturated heterocycles. The Morgan fingerprint density at radius 3 is 2.28 bits per heavy atom. The van der Waals surface area contributed by atoms with Crippen LogP contribution >= 0.6 is 0 Å². The van der Waals surface area contributed by atoms with Crippen LogP contribution in [0, 0.1) is 32.3 Å². The molecule has 53 heavy (non-hydrogen) atoms. The van der Waals surface area contributed by atoms with Crippen molar-refractivity contribution in [3.63, 3.8) is 0 Å². The molecule has 1 aliphatic rings. The summed E-state index contributed by atoms with van der Waals surface area (Å²) in [5.74, 6) is 1.88. The largest absolute Gasteiger partial charge is 0.510 e. The van der Waals surface area contributed by atoms with Gasteiger partial charge in [0.15, 0.2) is 0 Å². The summed E-state index contributed by atoms with van der Waals surface area (Å²) < 4.78 is 38.3. The number of hydrogen-bond acceptors (Lipinski definition) is 2. The van der Waals surface area contributed by atoms with Crippen LogP contribution < -0.4 is 25.7 Å². The van der Waals surface area contributed by atoms with Gasteiger partial charge < -0.3 is 22.8 Å². The second-order valence-electron chi connectivity index (χ2n) is 14.8. The van der Waals surface area contributed by atoms with Gasteiger partial charge in [0.1, 0.15) is 11.5 Å². The minimum Gasteiger partial charge on any atom is -0.510 e. The van der Waals surface area contributed by atoms with Gasteiger partial charge in [-0.05, 0) is 64.3 Å². The van der Waals surface area contributed by atoms with Crippen LogP contribution in [0.5, 0.6) is 11.5 Å². The van der Waals surface area contributed by atoms with Crippen molar-refractivity contribution < 1.29 is 34.5 Å². The number of nitrogens with zero attached hydrogens (tertiary/aromatic N) is 5. The molecule has 262 valence electrons. The van der Waals surface area contributed by atoms with Crippen LogP contribution in [0.3, 0.4) is 0 Å². The summed E-state index contributed by atoms with van der Waals surface area (Å²) in [6.07, 6.45) is 4.96. The molecule has 0 atom stereocenters. The molecule has 10 rings (SSSR count). The molecule has 8 heteroatoms. The van der Waals surface area contributed by atoms with Crippen LogP contribution in [-0.2, 0) is 33.5 Å². The maximum absolute atomic E-state index is 8.08. The minimum atomic E-state index is -2.39. The van der Waals surface area contributed by atoms with Crippen molar-refractivity contribution in [2.24, 2.45) is 6.98 Å². The Morgan fingerprint density at radius 2 is 1.49 bits per heavy atom. The van der Waals surface area contributed by atoms with Gasteiger partial charge in [0.25, 0.3) is 6.71 Å². The SMILES string of the molecule is [2H]C([2H])([2H])[n+]1[c-]n(-c2[c-]c(Oc3[c-]c4c(cc3)n3c5ccccc5c5c3n4-c3nccc(C(C)(C)C)c3B5c3c(C)cccc3C)ccc2)c2ccccc21.[Pt]. The first-order chi connectivity index (χ1) is 26.4. The van der Waals surface area contributed by atoms with Crippen LogP contribution in [0.15, 0.2) is 109 Å². The smallest absolute Gasteiger partial charge is 0.252 e. The fraction of sp³-hybridized carbons (Fsp3) is 0.156. The summed E-state index contributed by atoms with van der Waals surface area (Å²) in [6.45, 7) is 8.85. The molecule has 0 unspecified atom stereocenters. The number of aromatic nitrogens is 5. The maximum Gasteiger partial charge on any atom is 0.252 e. The number of aryl methyl sites for hydroxylation is 3. The zero-order valence-electron chi connectivity index (χ0n) is 32.9.